The van der Waals surface area contributed by atoms with Crippen molar-refractivity contribution < 1.29 is 48.4 Å². The topological polar surface area (TPSA) is 164 Å². The summed E-state index contributed by atoms with van der Waals surface area (Å²) < 4.78 is 25.6. The van der Waals surface area contributed by atoms with Gasteiger partial charge in [0.2, 0.25) is 0 Å². The average Bonchev–Trinajstić information content (AvgIpc) is 3.44. The third kappa shape index (κ3) is 8.70. The van der Waals surface area contributed by atoms with Crippen LogP contribution in [0.15, 0.2) is 78.9 Å². The molecule has 262 valence electrons. The molecule has 0 saturated heterocycles. The Bertz CT molecular complexity index is 1880. The average molecular weight is 687 g/mol. The number of hydrogen-bond acceptors (Lipinski definition) is 8. The van der Waals surface area contributed by atoms with E-state index >= 15 is 0 Å². The molecule has 4 aromatic rings. The lowest BCUT2D eigenvalue weighted by Gasteiger charge is -2.17. The number of carbonyl (C=O) groups excluding carboxylic acids is 3. The number of nitrogens with one attached hydrogen (secondary N) is 1. The first-order valence-corrected chi connectivity index (χ1v) is 15.8. The van der Waals surface area contributed by atoms with Gasteiger partial charge in [0.05, 0.1) is 44.0 Å². The molecule has 0 radical (unpaired) electrons. The number of aliphatic hydroxyl groups is 2. The van der Waals surface area contributed by atoms with Crippen LogP contribution in [-0.4, -0.2) is 70.1 Å². The second-order valence-corrected chi connectivity index (χ2v) is 11.8. The predicted octanol–water partition coefficient (Wildman–Crippen LogP) is 5.65. The van der Waals surface area contributed by atoms with Gasteiger partial charge in [0, 0.05) is 35.8 Å². The van der Waals surface area contributed by atoms with Crippen molar-refractivity contribution in [1.82, 2.24) is 9.88 Å². The number of aliphatic carboxylic acids is 1. The number of esters is 2. The lowest BCUT2D eigenvalue weighted by atomic mass is 9.94. The van der Waals surface area contributed by atoms with E-state index in [4.69, 9.17) is 14.6 Å². The Kier molecular flexibility index (Phi) is 12.4. The fourth-order valence-corrected chi connectivity index (χ4v) is 5.70. The Morgan fingerprint density at radius 3 is 2.08 bits per heavy atom. The zero-order valence-electron chi connectivity index (χ0n) is 28.1. The number of amides is 1. The van der Waals surface area contributed by atoms with Crippen molar-refractivity contribution in [3.63, 3.8) is 0 Å². The third-order valence-electron chi connectivity index (χ3n) is 7.92. The van der Waals surface area contributed by atoms with Gasteiger partial charge < -0.3 is 34.7 Å². The number of carboxylic acid groups (broad SMARTS) is 1. The molecular weight excluding hydrogens is 647 g/mol. The quantitative estimate of drug-likeness (QED) is 0.123. The van der Waals surface area contributed by atoms with Gasteiger partial charge in [-0.3, -0.25) is 9.59 Å². The molecule has 0 saturated carbocycles. The van der Waals surface area contributed by atoms with Gasteiger partial charge in [-0.05, 0) is 60.9 Å². The standard InChI is InChI=1S/C38H39FN2O9/c1-22(2)41-31(17-15-27(42)19-28(43)20-32(44)45)33(25-11-13-26(39)14-12-25)34(24-8-6-5-7-9-24)35(41)36(46)40-21-23-10-16-29(37(47)49-3)30(18-23)38(48)50-4/h5-18,22,27-28,42-43H,19-21H2,1-4H3,(H,40,46)(H,44,45)/b17-15+/t27-,28-/m1/s1. The van der Waals surface area contributed by atoms with E-state index in [2.05, 4.69) is 5.32 Å². The van der Waals surface area contributed by atoms with Crippen molar-refractivity contribution in [2.75, 3.05) is 14.2 Å². The van der Waals surface area contributed by atoms with Gasteiger partial charge in [-0.15, -0.1) is 0 Å². The fraction of sp³-hybridized carbons (Fsp3) is 0.263. The number of nitrogens with zero attached hydrogens (tertiary/aromatic N) is 1. The molecule has 1 aromatic heterocycles. The zero-order chi connectivity index (χ0) is 36.5. The van der Waals surface area contributed by atoms with Crippen molar-refractivity contribution in [3.05, 3.63) is 113 Å². The lowest BCUT2D eigenvalue weighted by molar-refractivity contribution is -0.139. The van der Waals surface area contributed by atoms with E-state index in [0.29, 0.717) is 33.5 Å². The van der Waals surface area contributed by atoms with Crippen molar-refractivity contribution in [2.45, 2.75) is 51.5 Å². The molecule has 1 heterocycles. The molecule has 2 atom stereocenters. The number of halogens is 1. The maximum Gasteiger partial charge on any atom is 0.338 e. The van der Waals surface area contributed by atoms with Crippen molar-refractivity contribution in [1.29, 1.82) is 0 Å². The van der Waals surface area contributed by atoms with E-state index in [1.165, 1.54) is 44.6 Å². The lowest BCUT2D eigenvalue weighted by Crippen LogP contribution is -2.27. The van der Waals surface area contributed by atoms with Crippen LogP contribution in [0.5, 0.6) is 0 Å². The second kappa shape index (κ2) is 16.7. The van der Waals surface area contributed by atoms with Crippen molar-refractivity contribution >= 4 is 29.9 Å². The molecule has 3 aromatic carbocycles. The summed E-state index contributed by atoms with van der Waals surface area (Å²) in [6.45, 7) is 3.70. The fourth-order valence-electron chi connectivity index (χ4n) is 5.70. The van der Waals surface area contributed by atoms with Crippen LogP contribution in [-0.2, 0) is 20.8 Å². The molecule has 0 aliphatic carbocycles. The van der Waals surface area contributed by atoms with Gasteiger partial charge in [-0.25, -0.2) is 14.0 Å². The molecule has 50 heavy (non-hydrogen) atoms. The highest BCUT2D eigenvalue weighted by Gasteiger charge is 2.30. The summed E-state index contributed by atoms with van der Waals surface area (Å²) in [6, 6.07) is 19.0. The van der Waals surface area contributed by atoms with E-state index in [-0.39, 0.29) is 35.8 Å². The summed E-state index contributed by atoms with van der Waals surface area (Å²) >= 11 is 0. The van der Waals surface area contributed by atoms with Crippen LogP contribution in [0.1, 0.15) is 75.2 Å². The normalized spacial score (nSPS) is 12.5. The molecule has 0 fully saturated rings. The monoisotopic (exact) mass is 686 g/mol. The zero-order valence-corrected chi connectivity index (χ0v) is 28.1. The van der Waals surface area contributed by atoms with Crippen LogP contribution in [0.4, 0.5) is 4.39 Å². The molecular formula is C38H39FN2O9. The first-order valence-electron chi connectivity index (χ1n) is 15.8. The number of ether oxygens (including phenoxy) is 2. The molecule has 0 bridgehead atoms. The maximum absolute atomic E-state index is 14.4. The van der Waals surface area contributed by atoms with Crippen LogP contribution >= 0.6 is 0 Å². The van der Waals surface area contributed by atoms with Crippen LogP contribution in [0.2, 0.25) is 0 Å². The van der Waals surface area contributed by atoms with Gasteiger partial charge >= 0.3 is 17.9 Å². The molecule has 0 aliphatic rings. The number of rotatable bonds is 14. The number of aromatic nitrogens is 1. The maximum atomic E-state index is 14.4. The minimum Gasteiger partial charge on any atom is -0.481 e. The molecule has 0 unspecified atom stereocenters. The number of aliphatic hydroxyl groups excluding tert-OH is 2. The SMILES string of the molecule is COC(=O)c1ccc(CNC(=O)c2c(-c3ccccc3)c(-c3ccc(F)cc3)c(/C=C/[C@@H](O)C[C@@H](O)CC(=O)O)n2C(C)C)cc1C(=O)OC. The van der Waals surface area contributed by atoms with E-state index < -0.39 is 48.3 Å². The Morgan fingerprint density at radius 2 is 1.48 bits per heavy atom. The smallest absolute Gasteiger partial charge is 0.338 e. The molecule has 12 heteroatoms. The van der Waals surface area contributed by atoms with Crippen LogP contribution < -0.4 is 5.32 Å². The van der Waals surface area contributed by atoms with E-state index in [1.54, 1.807) is 28.8 Å². The predicted molar refractivity (Wildman–Crippen MR) is 184 cm³/mol. The first kappa shape index (κ1) is 37.2. The molecule has 0 aliphatic heterocycles. The van der Waals surface area contributed by atoms with Crippen molar-refractivity contribution in [3.8, 4) is 22.3 Å². The Hall–Kier alpha value is -5.59. The van der Waals surface area contributed by atoms with Crippen LogP contribution in [0.25, 0.3) is 28.3 Å². The Morgan fingerprint density at radius 1 is 0.860 bits per heavy atom. The highest BCUT2D eigenvalue weighted by molar-refractivity contribution is 6.06. The summed E-state index contributed by atoms with van der Waals surface area (Å²) in [5, 5.41) is 32.8. The molecule has 0 spiro atoms. The first-order chi connectivity index (χ1) is 23.9. The van der Waals surface area contributed by atoms with Gasteiger partial charge in [-0.1, -0.05) is 54.6 Å². The summed E-state index contributed by atoms with van der Waals surface area (Å²) in [4.78, 5) is 50.2. The summed E-state index contributed by atoms with van der Waals surface area (Å²) in [5.74, 6) is -3.63. The Balaban J connectivity index is 1.88. The largest absolute Gasteiger partial charge is 0.481 e. The minimum atomic E-state index is -1.29. The molecule has 4 rings (SSSR count). The third-order valence-corrected chi connectivity index (χ3v) is 7.92. The summed E-state index contributed by atoms with van der Waals surface area (Å²) in [5.41, 5.74) is 3.59. The summed E-state index contributed by atoms with van der Waals surface area (Å²) in [6.07, 6.45) is -0.270. The molecule has 1 amide bonds. The second-order valence-electron chi connectivity index (χ2n) is 11.8. The van der Waals surface area contributed by atoms with Gasteiger partial charge in [0.1, 0.15) is 11.5 Å². The number of hydrogen-bond donors (Lipinski definition) is 4. The Labute approximate surface area is 288 Å². The van der Waals surface area contributed by atoms with Crippen molar-refractivity contribution in [2.24, 2.45) is 0 Å². The minimum absolute atomic E-state index is 0.00695. The van der Waals surface area contributed by atoms with Gasteiger partial charge in [0.15, 0.2) is 0 Å². The van der Waals surface area contributed by atoms with Crippen LogP contribution in [0, 0.1) is 5.82 Å². The van der Waals surface area contributed by atoms with E-state index in [0.717, 1.165) is 0 Å². The highest BCUT2D eigenvalue weighted by atomic mass is 19.1. The van der Waals surface area contributed by atoms with Gasteiger partial charge in [-0.2, -0.15) is 0 Å². The highest BCUT2D eigenvalue weighted by Crippen LogP contribution is 2.42. The van der Waals surface area contributed by atoms with Crippen LogP contribution in [0.3, 0.4) is 0 Å². The summed E-state index contributed by atoms with van der Waals surface area (Å²) in [7, 11) is 2.38. The number of carbonyl (C=O) groups is 4. The van der Waals surface area contributed by atoms with E-state index in [9.17, 15) is 33.8 Å². The van der Waals surface area contributed by atoms with Gasteiger partial charge in [0.25, 0.3) is 5.91 Å². The number of methoxy groups -OCH3 is 2. The molecule has 4 N–H and O–H groups in total. The molecule has 11 nitrogen and oxygen atoms in total. The van der Waals surface area contributed by atoms with E-state index in [1.807, 2.05) is 44.2 Å². The number of benzene rings is 3. The number of carboxylic acids is 1.